The van der Waals surface area contributed by atoms with Gasteiger partial charge in [0.05, 0.1) is 12.7 Å². The van der Waals surface area contributed by atoms with Crippen molar-refractivity contribution in [2.24, 2.45) is 0 Å². The standard InChI is InChI=1S/C15H23NO3/c1-15(8-5-10-19-15)12-16-9-11-18-14-7-4-3-6-13(14)17-2/h3-4,6-7,16H,5,8-12H2,1-2H3. The van der Waals surface area contributed by atoms with Crippen molar-refractivity contribution in [2.45, 2.75) is 25.4 Å². The molecular weight excluding hydrogens is 242 g/mol. The van der Waals surface area contributed by atoms with Gasteiger partial charge in [0.15, 0.2) is 11.5 Å². The summed E-state index contributed by atoms with van der Waals surface area (Å²) < 4.78 is 16.7. The van der Waals surface area contributed by atoms with Gasteiger partial charge in [-0.15, -0.1) is 0 Å². The molecule has 1 aliphatic rings. The highest BCUT2D eigenvalue weighted by Crippen LogP contribution is 2.25. The van der Waals surface area contributed by atoms with Gasteiger partial charge in [-0.05, 0) is 31.9 Å². The van der Waals surface area contributed by atoms with Crippen LogP contribution in [0.1, 0.15) is 19.8 Å². The topological polar surface area (TPSA) is 39.7 Å². The molecule has 1 fully saturated rings. The number of para-hydroxylation sites is 2. The molecule has 1 N–H and O–H groups in total. The molecular formula is C15H23NO3. The zero-order chi connectivity index (χ0) is 13.6. The molecule has 1 aliphatic heterocycles. The molecule has 1 aromatic carbocycles. The quantitative estimate of drug-likeness (QED) is 0.767. The maximum atomic E-state index is 5.72. The third-order valence-corrected chi connectivity index (χ3v) is 3.40. The van der Waals surface area contributed by atoms with Crippen LogP contribution in [-0.4, -0.2) is 39.0 Å². The second kappa shape index (κ2) is 6.78. The fraction of sp³-hybridized carbons (Fsp3) is 0.600. The largest absolute Gasteiger partial charge is 0.493 e. The molecule has 4 nitrogen and oxygen atoms in total. The van der Waals surface area contributed by atoms with Crippen LogP contribution in [0, 0.1) is 0 Å². The van der Waals surface area contributed by atoms with E-state index in [-0.39, 0.29) is 5.60 Å². The van der Waals surface area contributed by atoms with Gasteiger partial charge in [-0.2, -0.15) is 0 Å². The fourth-order valence-electron chi connectivity index (χ4n) is 2.30. The van der Waals surface area contributed by atoms with Gasteiger partial charge in [-0.1, -0.05) is 12.1 Å². The Kier molecular flexibility index (Phi) is 5.05. The lowest BCUT2D eigenvalue weighted by Crippen LogP contribution is -2.38. The molecule has 19 heavy (non-hydrogen) atoms. The molecule has 1 aromatic rings. The van der Waals surface area contributed by atoms with E-state index in [1.165, 1.54) is 0 Å². The maximum Gasteiger partial charge on any atom is 0.161 e. The number of hydrogen-bond donors (Lipinski definition) is 1. The predicted octanol–water partition coefficient (Wildman–Crippen LogP) is 2.23. The Morgan fingerprint density at radius 2 is 2.11 bits per heavy atom. The van der Waals surface area contributed by atoms with E-state index in [2.05, 4.69) is 12.2 Å². The van der Waals surface area contributed by atoms with Crippen LogP contribution in [0.4, 0.5) is 0 Å². The molecule has 1 heterocycles. The Labute approximate surface area is 115 Å². The van der Waals surface area contributed by atoms with Crippen molar-refractivity contribution in [2.75, 3.05) is 33.4 Å². The number of nitrogens with one attached hydrogen (secondary N) is 1. The van der Waals surface area contributed by atoms with Crippen molar-refractivity contribution in [3.05, 3.63) is 24.3 Å². The zero-order valence-corrected chi connectivity index (χ0v) is 11.8. The summed E-state index contributed by atoms with van der Waals surface area (Å²) in [6, 6.07) is 7.69. The molecule has 0 bridgehead atoms. The molecule has 0 aliphatic carbocycles. The van der Waals surface area contributed by atoms with Crippen molar-refractivity contribution < 1.29 is 14.2 Å². The first kappa shape index (κ1) is 14.2. The van der Waals surface area contributed by atoms with Crippen LogP contribution in [0.25, 0.3) is 0 Å². The van der Waals surface area contributed by atoms with Gasteiger partial charge in [0.2, 0.25) is 0 Å². The van der Waals surface area contributed by atoms with Crippen molar-refractivity contribution in [3.63, 3.8) is 0 Å². The van der Waals surface area contributed by atoms with Crippen LogP contribution < -0.4 is 14.8 Å². The summed E-state index contributed by atoms with van der Waals surface area (Å²) in [4.78, 5) is 0. The molecule has 4 heteroatoms. The van der Waals surface area contributed by atoms with E-state index >= 15 is 0 Å². The summed E-state index contributed by atoms with van der Waals surface area (Å²) in [7, 11) is 1.65. The Balaban J connectivity index is 1.66. The molecule has 1 saturated heterocycles. The van der Waals surface area contributed by atoms with Crippen molar-refractivity contribution >= 4 is 0 Å². The van der Waals surface area contributed by atoms with E-state index in [0.717, 1.165) is 44.0 Å². The number of hydrogen-bond acceptors (Lipinski definition) is 4. The molecule has 1 unspecified atom stereocenters. The van der Waals surface area contributed by atoms with Gasteiger partial charge in [0, 0.05) is 19.7 Å². The molecule has 0 saturated carbocycles. The van der Waals surface area contributed by atoms with E-state index in [1.807, 2.05) is 24.3 Å². The Morgan fingerprint density at radius 3 is 2.79 bits per heavy atom. The first-order valence-corrected chi connectivity index (χ1v) is 6.84. The highest BCUT2D eigenvalue weighted by Gasteiger charge is 2.28. The molecule has 2 rings (SSSR count). The van der Waals surface area contributed by atoms with Gasteiger partial charge in [-0.3, -0.25) is 0 Å². The Morgan fingerprint density at radius 1 is 1.32 bits per heavy atom. The Hall–Kier alpha value is -1.26. The fourth-order valence-corrected chi connectivity index (χ4v) is 2.30. The van der Waals surface area contributed by atoms with Gasteiger partial charge in [0.1, 0.15) is 6.61 Å². The summed E-state index contributed by atoms with van der Waals surface area (Å²) in [5.41, 5.74) is 0.00440. The predicted molar refractivity (Wildman–Crippen MR) is 74.9 cm³/mol. The monoisotopic (exact) mass is 265 g/mol. The van der Waals surface area contributed by atoms with E-state index in [4.69, 9.17) is 14.2 Å². The van der Waals surface area contributed by atoms with E-state index in [9.17, 15) is 0 Å². The van der Waals surface area contributed by atoms with Gasteiger partial charge >= 0.3 is 0 Å². The van der Waals surface area contributed by atoms with Crippen LogP contribution in [0.15, 0.2) is 24.3 Å². The maximum absolute atomic E-state index is 5.72. The van der Waals surface area contributed by atoms with Gasteiger partial charge < -0.3 is 19.5 Å². The van der Waals surface area contributed by atoms with Crippen LogP contribution >= 0.6 is 0 Å². The number of ether oxygens (including phenoxy) is 3. The lowest BCUT2D eigenvalue weighted by Gasteiger charge is -2.23. The van der Waals surface area contributed by atoms with E-state index in [0.29, 0.717) is 6.61 Å². The van der Waals surface area contributed by atoms with Crippen molar-refractivity contribution in [1.82, 2.24) is 5.32 Å². The van der Waals surface area contributed by atoms with Crippen LogP contribution in [0.2, 0.25) is 0 Å². The molecule has 1 atom stereocenters. The average molecular weight is 265 g/mol. The van der Waals surface area contributed by atoms with Crippen LogP contribution in [0.3, 0.4) is 0 Å². The Bertz CT molecular complexity index is 389. The number of benzene rings is 1. The minimum Gasteiger partial charge on any atom is -0.493 e. The lowest BCUT2D eigenvalue weighted by molar-refractivity contribution is 0.0205. The molecule has 0 aromatic heterocycles. The summed E-state index contributed by atoms with van der Waals surface area (Å²) in [6.45, 7) is 5.35. The van der Waals surface area contributed by atoms with Crippen molar-refractivity contribution in [3.8, 4) is 11.5 Å². The number of rotatable bonds is 7. The molecule has 0 radical (unpaired) electrons. The normalized spacial score (nSPS) is 22.4. The van der Waals surface area contributed by atoms with Gasteiger partial charge in [-0.25, -0.2) is 0 Å². The third kappa shape index (κ3) is 4.11. The van der Waals surface area contributed by atoms with Crippen LogP contribution in [0.5, 0.6) is 11.5 Å². The minimum absolute atomic E-state index is 0.00440. The van der Waals surface area contributed by atoms with Crippen molar-refractivity contribution in [1.29, 1.82) is 0 Å². The number of methoxy groups -OCH3 is 1. The highest BCUT2D eigenvalue weighted by atomic mass is 16.5. The molecule has 106 valence electrons. The second-order valence-corrected chi connectivity index (χ2v) is 5.08. The highest BCUT2D eigenvalue weighted by molar-refractivity contribution is 5.39. The van der Waals surface area contributed by atoms with E-state index in [1.54, 1.807) is 7.11 Å². The first-order valence-electron chi connectivity index (χ1n) is 6.84. The lowest BCUT2D eigenvalue weighted by atomic mass is 10.0. The average Bonchev–Trinajstić information content (AvgIpc) is 2.86. The smallest absolute Gasteiger partial charge is 0.161 e. The van der Waals surface area contributed by atoms with Gasteiger partial charge in [0.25, 0.3) is 0 Å². The molecule has 0 spiro atoms. The first-order chi connectivity index (χ1) is 9.23. The third-order valence-electron chi connectivity index (χ3n) is 3.40. The summed E-state index contributed by atoms with van der Waals surface area (Å²) in [5, 5.41) is 3.38. The zero-order valence-electron chi connectivity index (χ0n) is 11.8. The molecule has 0 amide bonds. The summed E-state index contributed by atoms with van der Waals surface area (Å²) in [6.07, 6.45) is 2.29. The SMILES string of the molecule is COc1ccccc1OCCNCC1(C)CCCO1. The summed E-state index contributed by atoms with van der Waals surface area (Å²) in [5.74, 6) is 1.56. The van der Waals surface area contributed by atoms with Crippen LogP contribution in [-0.2, 0) is 4.74 Å². The minimum atomic E-state index is 0.00440. The van der Waals surface area contributed by atoms with E-state index < -0.39 is 0 Å². The second-order valence-electron chi connectivity index (χ2n) is 5.08. The summed E-state index contributed by atoms with van der Waals surface area (Å²) >= 11 is 0.